The zero-order chi connectivity index (χ0) is 40.6. The summed E-state index contributed by atoms with van der Waals surface area (Å²) in [6.45, 7) is 0. The molecule has 10 nitrogen and oxygen atoms in total. The number of hydrogen-bond acceptors (Lipinski definition) is 9. The Morgan fingerprint density at radius 1 is 0.431 bits per heavy atom. The zero-order valence-electron chi connectivity index (χ0n) is 32.3. The molecule has 0 spiro atoms. The molecule has 290 valence electrons. The molecule has 2 N–H and O–H groups in total. The predicted octanol–water partition coefficient (Wildman–Crippen LogP) is 12.1. The summed E-state index contributed by atoms with van der Waals surface area (Å²) in [5.74, 6) is 5.83. The van der Waals surface area contributed by atoms with Crippen LogP contribution in [-0.4, -0.2) is 33.4 Å². The van der Waals surface area contributed by atoms with Crippen molar-refractivity contribution in [1.82, 2.24) is 0 Å². The van der Waals surface area contributed by atoms with Gasteiger partial charge in [0.15, 0.2) is 0 Å². The first kappa shape index (κ1) is 38.6. The van der Waals surface area contributed by atoms with Gasteiger partial charge in [0.2, 0.25) is 0 Å². The topological polar surface area (TPSA) is 125 Å². The Balaban J connectivity index is 0.000000177. The maximum absolute atomic E-state index is 10.9. The Bertz CT molecular complexity index is 2680. The van der Waals surface area contributed by atoms with E-state index in [0.717, 1.165) is 78.3 Å². The highest BCUT2D eigenvalue weighted by atomic mass is 16.6. The number of rotatable bonds is 11. The lowest BCUT2D eigenvalue weighted by Gasteiger charge is -2.16. The van der Waals surface area contributed by atoms with E-state index in [9.17, 15) is 10.1 Å². The molecular formula is C48H40N2O8. The Morgan fingerprint density at radius 3 is 1.17 bits per heavy atom. The quantitative estimate of drug-likeness (QED) is 0.0777. The van der Waals surface area contributed by atoms with Gasteiger partial charge in [-0.1, -0.05) is 36.4 Å². The summed E-state index contributed by atoms with van der Waals surface area (Å²) in [5.41, 5.74) is 10.4. The predicted molar refractivity (Wildman–Crippen MR) is 229 cm³/mol. The van der Waals surface area contributed by atoms with Gasteiger partial charge in [-0.15, -0.1) is 0 Å². The van der Waals surface area contributed by atoms with E-state index in [4.69, 9.17) is 34.2 Å². The number of nitrogen functional groups attached to an aromatic ring is 1. The van der Waals surface area contributed by atoms with Crippen LogP contribution in [0.3, 0.4) is 0 Å². The molecule has 8 aromatic rings. The van der Waals surface area contributed by atoms with E-state index in [2.05, 4.69) is 12.1 Å². The van der Waals surface area contributed by atoms with Crippen molar-refractivity contribution in [3.8, 4) is 68.2 Å². The van der Waals surface area contributed by atoms with Gasteiger partial charge in [-0.25, -0.2) is 0 Å². The highest BCUT2D eigenvalue weighted by Gasteiger charge is 2.16. The maximum Gasteiger partial charge on any atom is 0.269 e. The van der Waals surface area contributed by atoms with Crippen LogP contribution in [0.1, 0.15) is 0 Å². The number of fused-ring (bicyclic) bond motifs is 2. The summed E-state index contributed by atoms with van der Waals surface area (Å²) in [6, 6.07) is 49.0. The van der Waals surface area contributed by atoms with Gasteiger partial charge in [0.25, 0.3) is 5.69 Å². The first-order valence-corrected chi connectivity index (χ1v) is 18.2. The third-order valence-corrected chi connectivity index (χ3v) is 9.52. The average Bonchev–Trinajstić information content (AvgIpc) is 3.27. The molecule has 0 radical (unpaired) electrons. The van der Waals surface area contributed by atoms with Gasteiger partial charge in [-0.2, -0.15) is 0 Å². The summed E-state index contributed by atoms with van der Waals surface area (Å²) in [6.07, 6.45) is 0. The molecule has 8 rings (SSSR count). The standard InChI is InChI=1S/C24H19NO5.C24H21NO3/c1-28-19-8-3-16(4-9-19)22-13-5-17-15-21(29-2)12-14-23(17)24(22)30-20-10-6-18(7-11-20)25(26)27;1-26-19-8-3-16(4-9-19)22-13-5-17-15-21(27-2)12-14-23(17)24(22)28-20-10-6-18(25)7-11-20/h3-15H,1-2H3;3-15H,25H2,1-2H3. The molecule has 0 bridgehead atoms. The zero-order valence-corrected chi connectivity index (χ0v) is 32.3. The van der Waals surface area contributed by atoms with Crippen molar-refractivity contribution in [2.45, 2.75) is 0 Å². The molecule has 0 fully saturated rings. The van der Waals surface area contributed by atoms with Crippen LogP contribution in [0.15, 0.2) is 158 Å². The summed E-state index contributed by atoms with van der Waals surface area (Å²) in [4.78, 5) is 10.5. The van der Waals surface area contributed by atoms with E-state index in [0.29, 0.717) is 17.2 Å². The van der Waals surface area contributed by atoms with Crippen LogP contribution in [0.2, 0.25) is 0 Å². The van der Waals surface area contributed by atoms with Crippen molar-refractivity contribution in [2.24, 2.45) is 0 Å². The molecule has 0 aliphatic carbocycles. The van der Waals surface area contributed by atoms with Gasteiger partial charge in [-0.3, -0.25) is 10.1 Å². The first-order chi connectivity index (χ1) is 28.3. The van der Waals surface area contributed by atoms with Crippen LogP contribution in [-0.2, 0) is 0 Å². The van der Waals surface area contributed by atoms with E-state index in [-0.39, 0.29) is 5.69 Å². The molecule has 0 heterocycles. The van der Waals surface area contributed by atoms with E-state index < -0.39 is 4.92 Å². The van der Waals surface area contributed by atoms with Gasteiger partial charge >= 0.3 is 0 Å². The smallest absolute Gasteiger partial charge is 0.269 e. The molecule has 0 saturated heterocycles. The van der Waals surface area contributed by atoms with Crippen molar-refractivity contribution in [3.05, 3.63) is 168 Å². The number of nitro groups is 1. The summed E-state index contributed by atoms with van der Waals surface area (Å²) < 4.78 is 33.8. The highest BCUT2D eigenvalue weighted by molar-refractivity contribution is 5.97. The Kier molecular flexibility index (Phi) is 11.6. The average molecular weight is 773 g/mol. The lowest BCUT2D eigenvalue weighted by Crippen LogP contribution is -1.93. The van der Waals surface area contributed by atoms with Crippen molar-refractivity contribution in [2.75, 3.05) is 34.2 Å². The Morgan fingerprint density at radius 2 is 0.793 bits per heavy atom. The van der Waals surface area contributed by atoms with Crippen LogP contribution in [0.4, 0.5) is 11.4 Å². The van der Waals surface area contributed by atoms with E-state index in [1.165, 1.54) is 12.1 Å². The monoisotopic (exact) mass is 772 g/mol. The number of methoxy groups -OCH3 is 4. The largest absolute Gasteiger partial charge is 0.497 e. The number of anilines is 1. The van der Waals surface area contributed by atoms with Crippen molar-refractivity contribution < 1.29 is 33.3 Å². The minimum Gasteiger partial charge on any atom is -0.497 e. The fourth-order valence-electron chi connectivity index (χ4n) is 6.44. The minimum atomic E-state index is -0.434. The number of benzene rings is 8. The highest BCUT2D eigenvalue weighted by Crippen LogP contribution is 2.43. The molecule has 0 aromatic heterocycles. The third kappa shape index (κ3) is 8.56. The molecule has 8 aromatic carbocycles. The number of nitro benzene ring substituents is 1. The van der Waals surface area contributed by atoms with Crippen molar-refractivity contribution in [3.63, 3.8) is 0 Å². The molecule has 58 heavy (non-hydrogen) atoms. The SMILES string of the molecule is COc1ccc(-c2ccc3cc(OC)ccc3c2Oc2ccc(N)cc2)cc1.COc1ccc(-c2ccc3cc(OC)ccc3c2Oc2ccc([N+](=O)[O-])cc2)cc1. The second-order valence-electron chi connectivity index (χ2n) is 13.0. The molecule has 0 atom stereocenters. The Hall–Kier alpha value is -7.72. The summed E-state index contributed by atoms with van der Waals surface area (Å²) in [5, 5.41) is 14.9. The van der Waals surface area contributed by atoms with Crippen molar-refractivity contribution >= 4 is 32.9 Å². The van der Waals surface area contributed by atoms with Gasteiger partial charge in [0.1, 0.15) is 46.0 Å². The van der Waals surface area contributed by atoms with Crippen LogP contribution < -0.4 is 34.2 Å². The van der Waals surface area contributed by atoms with E-state index in [1.54, 1.807) is 40.6 Å². The van der Waals surface area contributed by atoms with Crippen LogP contribution >= 0.6 is 0 Å². The molecule has 10 heteroatoms. The van der Waals surface area contributed by atoms with Crippen LogP contribution in [0.5, 0.6) is 46.0 Å². The molecule has 0 saturated carbocycles. The summed E-state index contributed by atoms with van der Waals surface area (Å²) in [7, 11) is 6.58. The lowest BCUT2D eigenvalue weighted by atomic mass is 9.99. The number of nitrogens with zero attached hydrogens (tertiary/aromatic N) is 1. The van der Waals surface area contributed by atoms with Gasteiger partial charge < -0.3 is 34.2 Å². The third-order valence-electron chi connectivity index (χ3n) is 9.52. The molecule has 0 aliphatic heterocycles. The number of non-ortho nitro benzene ring substituents is 1. The number of nitrogens with two attached hydrogens (primary N) is 1. The maximum atomic E-state index is 10.9. The van der Waals surface area contributed by atoms with E-state index >= 15 is 0 Å². The molecule has 0 aliphatic rings. The van der Waals surface area contributed by atoms with Gasteiger partial charge in [0, 0.05) is 39.7 Å². The van der Waals surface area contributed by atoms with Gasteiger partial charge in [-0.05, 0) is 131 Å². The second kappa shape index (κ2) is 17.4. The second-order valence-corrected chi connectivity index (χ2v) is 13.0. The van der Waals surface area contributed by atoms with Crippen LogP contribution in [0, 0.1) is 10.1 Å². The first-order valence-electron chi connectivity index (χ1n) is 18.2. The summed E-state index contributed by atoms with van der Waals surface area (Å²) >= 11 is 0. The fourth-order valence-corrected chi connectivity index (χ4v) is 6.44. The van der Waals surface area contributed by atoms with Crippen LogP contribution in [0.25, 0.3) is 43.8 Å². The number of ether oxygens (including phenoxy) is 6. The molecule has 0 amide bonds. The van der Waals surface area contributed by atoms with E-state index in [1.807, 2.05) is 121 Å². The van der Waals surface area contributed by atoms with Crippen molar-refractivity contribution in [1.29, 1.82) is 0 Å². The Labute approximate surface area is 335 Å². The van der Waals surface area contributed by atoms with Gasteiger partial charge in [0.05, 0.1) is 33.4 Å². The number of hydrogen-bond donors (Lipinski definition) is 1. The fraction of sp³-hybridized carbons (Fsp3) is 0.0833. The normalized spacial score (nSPS) is 10.6. The lowest BCUT2D eigenvalue weighted by molar-refractivity contribution is -0.384. The molecular weight excluding hydrogens is 733 g/mol. The minimum absolute atomic E-state index is 0.0142. The molecule has 0 unspecified atom stereocenters.